The van der Waals surface area contributed by atoms with E-state index in [9.17, 15) is 0 Å². The summed E-state index contributed by atoms with van der Waals surface area (Å²) in [5, 5.41) is 0. The Balaban J connectivity index is 3.54. The summed E-state index contributed by atoms with van der Waals surface area (Å²) in [6.45, 7) is 26.0. The second kappa shape index (κ2) is 10.5. The van der Waals surface area contributed by atoms with Gasteiger partial charge in [-0.3, -0.25) is 4.74 Å². The van der Waals surface area contributed by atoms with E-state index in [4.69, 9.17) is 18.0 Å². The van der Waals surface area contributed by atoms with Crippen molar-refractivity contribution in [2.45, 2.75) is 102 Å². The molecule has 6 atom stereocenters. The van der Waals surface area contributed by atoms with E-state index >= 15 is 0 Å². The summed E-state index contributed by atoms with van der Waals surface area (Å²) < 4.78 is 31.2. The van der Waals surface area contributed by atoms with Crippen molar-refractivity contribution in [2.75, 3.05) is 6.26 Å². The highest BCUT2D eigenvalue weighted by Gasteiger charge is 2.53. The lowest BCUT2D eigenvalue weighted by Gasteiger charge is -2.51. The van der Waals surface area contributed by atoms with Crippen molar-refractivity contribution >= 4 is 45.7 Å². The Morgan fingerprint density at radius 1 is 0.897 bits per heavy atom. The maximum atomic E-state index is 6.79. The van der Waals surface area contributed by atoms with Gasteiger partial charge in [0.15, 0.2) is 25.0 Å². The van der Waals surface area contributed by atoms with Crippen LogP contribution in [0.5, 0.6) is 0 Å². The Morgan fingerprint density at radius 3 is 1.66 bits per heavy atom. The molecule has 0 N–H and O–H groups in total. The third kappa shape index (κ3) is 8.98. The van der Waals surface area contributed by atoms with Crippen molar-refractivity contribution in [3.8, 4) is 0 Å². The number of hydrogen-bond donors (Lipinski definition) is 0. The predicted octanol–water partition coefficient (Wildman–Crippen LogP) is 6.01. The van der Waals surface area contributed by atoms with E-state index in [1.807, 2.05) is 6.92 Å². The molecule has 0 aliphatic carbocycles. The maximum Gasteiger partial charge on any atom is 0.184 e. The molecule has 1 heterocycles. The quantitative estimate of drug-likeness (QED) is 0.211. The lowest BCUT2D eigenvalue weighted by atomic mass is 9.92. The Kier molecular flexibility index (Phi) is 10.1. The Hall–Kier alpha value is 0.681. The summed E-state index contributed by atoms with van der Waals surface area (Å²) in [5.41, 5.74) is 0.787. The van der Waals surface area contributed by atoms with Crippen LogP contribution in [0.1, 0.15) is 6.92 Å². The van der Waals surface area contributed by atoms with Gasteiger partial charge in [0.05, 0.1) is 0 Å². The zero-order valence-electron chi connectivity index (χ0n) is 20.2. The number of ether oxygens (including phenoxy) is 1. The average molecular weight is 496 g/mol. The van der Waals surface area contributed by atoms with E-state index in [2.05, 4.69) is 85.5 Å². The van der Waals surface area contributed by atoms with Crippen molar-refractivity contribution in [1.29, 1.82) is 0 Å². The standard InChI is InChI=1S/C19H42NO4PSSi3/c1-13(2)14(20-25)15-16(22-27(4,5)6)17(23-28(7,8)9)18(19(21-15)26-3)24-29(10,11)12/h14-19,25H,1H2,2-12H3/t14-,15-,16+,17-,18-,19-/m1/s1. The first-order chi connectivity index (χ1) is 13.0. The molecule has 1 aliphatic heterocycles. The molecule has 0 radical (unpaired) electrons. The van der Waals surface area contributed by atoms with Crippen molar-refractivity contribution in [2.24, 2.45) is 4.74 Å². The lowest BCUT2D eigenvalue weighted by molar-refractivity contribution is -0.184. The van der Waals surface area contributed by atoms with E-state index in [1.165, 1.54) is 0 Å². The third-order valence-corrected chi connectivity index (χ3v) is 8.25. The first kappa shape index (κ1) is 27.7. The van der Waals surface area contributed by atoms with Gasteiger partial charge < -0.3 is 18.0 Å². The van der Waals surface area contributed by atoms with Crippen molar-refractivity contribution < 1.29 is 18.0 Å². The van der Waals surface area contributed by atoms with Crippen LogP contribution in [0.3, 0.4) is 0 Å². The molecule has 1 aliphatic rings. The van der Waals surface area contributed by atoms with Gasteiger partial charge in [0.1, 0.15) is 35.9 Å². The lowest BCUT2D eigenvalue weighted by Crippen LogP contribution is -2.66. The van der Waals surface area contributed by atoms with Crippen molar-refractivity contribution in [1.82, 2.24) is 0 Å². The minimum Gasteiger partial charge on any atom is -0.409 e. The molecule has 10 heteroatoms. The van der Waals surface area contributed by atoms with Crippen LogP contribution in [0.4, 0.5) is 0 Å². The number of nitrogens with zero attached hydrogens (tertiary/aromatic N) is 1. The fourth-order valence-electron chi connectivity index (χ4n) is 3.36. The summed E-state index contributed by atoms with van der Waals surface area (Å²) >= 11 is 1.67. The van der Waals surface area contributed by atoms with Crippen molar-refractivity contribution in [3.05, 3.63) is 12.2 Å². The van der Waals surface area contributed by atoms with Crippen LogP contribution in [0.25, 0.3) is 0 Å². The van der Waals surface area contributed by atoms with Gasteiger partial charge in [0, 0.05) is 0 Å². The predicted molar refractivity (Wildman–Crippen MR) is 136 cm³/mol. The van der Waals surface area contributed by atoms with Crippen LogP contribution < -0.4 is 0 Å². The number of thioether (sulfide) groups is 1. The molecule has 0 saturated carbocycles. The first-order valence-electron chi connectivity index (χ1n) is 10.2. The third-order valence-electron chi connectivity index (χ3n) is 4.19. The maximum absolute atomic E-state index is 6.79. The smallest absolute Gasteiger partial charge is 0.184 e. The molecule has 5 nitrogen and oxygen atoms in total. The monoisotopic (exact) mass is 495 g/mol. The van der Waals surface area contributed by atoms with E-state index in [1.54, 1.807) is 11.8 Å². The molecule has 0 spiro atoms. The largest absolute Gasteiger partial charge is 0.409 e. The van der Waals surface area contributed by atoms with E-state index in [0.717, 1.165) is 5.57 Å². The Bertz CT molecular complexity index is 577. The molecule has 1 rings (SSSR count). The van der Waals surface area contributed by atoms with Gasteiger partial charge in [-0.25, -0.2) is 0 Å². The second-order valence-corrected chi connectivity index (χ2v) is 25.3. The SMILES string of the molecule is C=C(C)[C@@H](N=P)[C@H]1O[C@H](SC)[C@H](O[Si](C)(C)C)[C@H](O[Si](C)(C)C)[C@H]1O[Si](C)(C)C. The minimum absolute atomic E-state index is 0.148. The van der Waals surface area contributed by atoms with E-state index in [0.29, 0.717) is 0 Å². The van der Waals surface area contributed by atoms with Gasteiger partial charge in [-0.15, -0.1) is 11.8 Å². The van der Waals surface area contributed by atoms with Crippen LogP contribution >= 0.6 is 20.8 Å². The Morgan fingerprint density at radius 2 is 1.31 bits per heavy atom. The van der Waals surface area contributed by atoms with Gasteiger partial charge in [0.2, 0.25) is 0 Å². The summed E-state index contributed by atoms with van der Waals surface area (Å²) in [7, 11) is -2.24. The molecule has 1 saturated heterocycles. The molecular weight excluding hydrogens is 454 g/mol. The van der Waals surface area contributed by atoms with Crippen LogP contribution in [0.2, 0.25) is 58.9 Å². The first-order valence-corrected chi connectivity index (χ1v) is 22.2. The average Bonchev–Trinajstić information content (AvgIpc) is 2.49. The van der Waals surface area contributed by atoms with Crippen LogP contribution in [-0.2, 0) is 18.0 Å². The van der Waals surface area contributed by atoms with Gasteiger partial charge in [0.25, 0.3) is 0 Å². The molecule has 29 heavy (non-hydrogen) atoms. The van der Waals surface area contributed by atoms with Crippen LogP contribution in [0, 0.1) is 0 Å². The van der Waals surface area contributed by atoms with E-state index < -0.39 is 25.0 Å². The molecule has 170 valence electrons. The molecule has 0 bridgehead atoms. The van der Waals surface area contributed by atoms with Crippen molar-refractivity contribution in [3.63, 3.8) is 0 Å². The van der Waals surface area contributed by atoms with E-state index in [-0.39, 0.29) is 35.9 Å². The summed E-state index contributed by atoms with van der Waals surface area (Å²) in [6.07, 6.45) is 1.14. The Labute approximate surface area is 188 Å². The van der Waals surface area contributed by atoms with Gasteiger partial charge in [-0.1, -0.05) is 12.2 Å². The highest BCUT2D eigenvalue weighted by atomic mass is 32.2. The second-order valence-electron chi connectivity index (χ2n) is 10.7. The normalized spacial score (nSPS) is 30.1. The molecule has 0 aromatic carbocycles. The van der Waals surface area contributed by atoms with Crippen LogP contribution in [0.15, 0.2) is 16.9 Å². The molecule has 0 amide bonds. The highest BCUT2D eigenvalue weighted by Crippen LogP contribution is 2.39. The zero-order chi connectivity index (χ0) is 22.8. The molecule has 1 fully saturated rings. The summed E-state index contributed by atoms with van der Waals surface area (Å²) in [6, 6.07) is -0.219. The molecule has 0 aromatic rings. The fraction of sp³-hybridized carbons (Fsp3) is 0.895. The molecule has 0 aromatic heterocycles. The van der Waals surface area contributed by atoms with Gasteiger partial charge >= 0.3 is 0 Å². The zero-order valence-corrected chi connectivity index (χ0v) is 25.0. The molecular formula is C19H42NO4PSSi3. The van der Waals surface area contributed by atoms with Gasteiger partial charge in [-0.2, -0.15) is 0 Å². The highest BCUT2D eigenvalue weighted by molar-refractivity contribution is 7.99. The summed E-state index contributed by atoms with van der Waals surface area (Å²) in [5.74, 6) is 0. The summed E-state index contributed by atoms with van der Waals surface area (Å²) in [4.78, 5) is 0. The van der Waals surface area contributed by atoms with Gasteiger partial charge in [-0.05, 0) is 81.1 Å². The van der Waals surface area contributed by atoms with Crippen LogP contribution in [-0.4, -0.2) is 67.1 Å². The fourth-order valence-corrected chi connectivity index (χ4v) is 7.79. The number of rotatable bonds is 10. The number of hydrogen-bond acceptors (Lipinski definition) is 6. The minimum atomic E-state index is -1.90. The topological polar surface area (TPSA) is 49.3 Å². The molecule has 0 unspecified atom stereocenters.